The van der Waals surface area contributed by atoms with Crippen LogP contribution in [0.2, 0.25) is 0 Å². The van der Waals surface area contributed by atoms with Crippen molar-refractivity contribution in [2.24, 2.45) is 10.9 Å². The van der Waals surface area contributed by atoms with Gasteiger partial charge in [0.2, 0.25) is 0 Å². The van der Waals surface area contributed by atoms with Crippen LogP contribution in [-0.2, 0) is 11.3 Å². The van der Waals surface area contributed by atoms with Crippen LogP contribution in [0, 0.1) is 6.92 Å². The first kappa shape index (κ1) is 15.3. The minimum absolute atomic E-state index is 0.0207. The smallest absolute Gasteiger partial charge is 0.391 e. The molecule has 0 aliphatic carbocycles. The van der Waals surface area contributed by atoms with Crippen LogP contribution in [0.3, 0.4) is 0 Å². The lowest BCUT2D eigenvalue weighted by molar-refractivity contribution is -0.146. The monoisotopic (exact) mass is 276 g/mol. The third kappa shape index (κ3) is 5.17. The van der Waals surface area contributed by atoms with Gasteiger partial charge in [0.05, 0.1) is 19.6 Å². The van der Waals surface area contributed by atoms with E-state index in [2.05, 4.69) is 5.16 Å². The van der Waals surface area contributed by atoms with Crippen molar-refractivity contribution >= 4 is 5.84 Å². The fourth-order valence-electron chi connectivity index (χ4n) is 1.44. The Bertz CT molecular complexity index is 459. The molecule has 1 aromatic carbocycles. The highest BCUT2D eigenvalue weighted by Crippen LogP contribution is 2.19. The van der Waals surface area contributed by atoms with Crippen molar-refractivity contribution in [3.8, 4) is 0 Å². The molecule has 3 N–H and O–H groups in total. The zero-order valence-corrected chi connectivity index (χ0v) is 10.4. The molecule has 0 saturated heterocycles. The van der Waals surface area contributed by atoms with Crippen LogP contribution >= 0.6 is 0 Å². The second-order valence-electron chi connectivity index (χ2n) is 4.04. The van der Waals surface area contributed by atoms with Crippen LogP contribution in [0.5, 0.6) is 0 Å². The molecule has 0 aromatic heterocycles. The Balaban J connectivity index is 2.56. The molecule has 0 amide bonds. The Morgan fingerprint density at radius 1 is 1.42 bits per heavy atom. The van der Waals surface area contributed by atoms with Crippen LogP contribution in [0.15, 0.2) is 23.4 Å². The molecule has 1 rings (SSSR count). The zero-order valence-electron chi connectivity index (χ0n) is 10.4. The van der Waals surface area contributed by atoms with Crippen LogP contribution < -0.4 is 5.73 Å². The third-order valence-corrected chi connectivity index (χ3v) is 2.53. The highest BCUT2D eigenvalue weighted by Gasteiger charge is 2.26. The van der Waals surface area contributed by atoms with Gasteiger partial charge in [-0.05, 0) is 24.1 Å². The molecule has 0 radical (unpaired) electrons. The molecule has 0 aliphatic rings. The molecule has 0 spiro atoms. The minimum Gasteiger partial charge on any atom is -0.409 e. The molecule has 0 aliphatic heterocycles. The van der Waals surface area contributed by atoms with E-state index in [1.54, 1.807) is 25.1 Å². The summed E-state index contributed by atoms with van der Waals surface area (Å²) in [5, 5.41) is 11.4. The number of aryl methyl sites for hydroxylation is 1. The van der Waals surface area contributed by atoms with E-state index in [0.29, 0.717) is 5.56 Å². The molecule has 4 nitrogen and oxygen atoms in total. The Hall–Kier alpha value is -1.76. The highest BCUT2D eigenvalue weighted by atomic mass is 19.4. The molecule has 0 atom stereocenters. The SMILES string of the molecule is Cc1cc(/C(N)=N/O)ccc1COCCC(F)(F)F. The third-order valence-electron chi connectivity index (χ3n) is 2.53. The first-order chi connectivity index (χ1) is 8.83. The summed E-state index contributed by atoms with van der Waals surface area (Å²) in [6.07, 6.45) is -5.17. The second kappa shape index (κ2) is 6.42. The number of rotatable bonds is 5. The van der Waals surface area contributed by atoms with Crippen molar-refractivity contribution in [2.75, 3.05) is 6.61 Å². The maximum atomic E-state index is 11.9. The highest BCUT2D eigenvalue weighted by molar-refractivity contribution is 5.97. The number of ether oxygens (including phenoxy) is 1. The molecule has 19 heavy (non-hydrogen) atoms. The quantitative estimate of drug-likeness (QED) is 0.285. The topological polar surface area (TPSA) is 67.8 Å². The summed E-state index contributed by atoms with van der Waals surface area (Å²) < 4.78 is 40.7. The fraction of sp³-hybridized carbons (Fsp3) is 0.417. The Morgan fingerprint density at radius 3 is 2.63 bits per heavy atom. The second-order valence-corrected chi connectivity index (χ2v) is 4.04. The summed E-state index contributed by atoms with van der Waals surface area (Å²) in [7, 11) is 0. The average molecular weight is 276 g/mol. The van der Waals surface area contributed by atoms with Crippen LogP contribution in [-0.4, -0.2) is 23.8 Å². The first-order valence-electron chi connectivity index (χ1n) is 5.55. The van der Waals surface area contributed by atoms with E-state index < -0.39 is 12.6 Å². The van der Waals surface area contributed by atoms with Crippen LogP contribution in [0.4, 0.5) is 13.2 Å². The van der Waals surface area contributed by atoms with Crippen molar-refractivity contribution in [2.45, 2.75) is 26.1 Å². The number of halogens is 3. The summed E-state index contributed by atoms with van der Waals surface area (Å²) >= 11 is 0. The number of oxime groups is 1. The van der Waals surface area contributed by atoms with E-state index in [1.807, 2.05) is 0 Å². The maximum Gasteiger partial charge on any atom is 0.391 e. The minimum atomic E-state index is -4.20. The summed E-state index contributed by atoms with van der Waals surface area (Å²) in [6.45, 7) is 1.50. The summed E-state index contributed by atoms with van der Waals surface area (Å²) in [4.78, 5) is 0. The van der Waals surface area contributed by atoms with Crippen molar-refractivity contribution < 1.29 is 23.1 Å². The van der Waals surface area contributed by atoms with Gasteiger partial charge in [-0.1, -0.05) is 17.3 Å². The van der Waals surface area contributed by atoms with Gasteiger partial charge < -0.3 is 15.7 Å². The van der Waals surface area contributed by atoms with Crippen LogP contribution in [0.1, 0.15) is 23.1 Å². The molecule has 106 valence electrons. The molecule has 0 bridgehead atoms. The average Bonchev–Trinajstić information content (AvgIpc) is 2.33. The molecular weight excluding hydrogens is 261 g/mol. The summed E-state index contributed by atoms with van der Waals surface area (Å²) in [5.74, 6) is -0.0207. The van der Waals surface area contributed by atoms with Gasteiger partial charge in [-0.3, -0.25) is 0 Å². The number of benzene rings is 1. The van der Waals surface area contributed by atoms with Crippen molar-refractivity contribution in [1.29, 1.82) is 0 Å². The summed E-state index contributed by atoms with van der Waals surface area (Å²) in [6, 6.07) is 4.97. The molecule has 0 unspecified atom stereocenters. The number of nitrogens with two attached hydrogens (primary N) is 1. The van der Waals surface area contributed by atoms with Crippen molar-refractivity contribution in [3.05, 3.63) is 34.9 Å². The molecule has 0 saturated carbocycles. The van der Waals surface area contributed by atoms with E-state index in [4.69, 9.17) is 15.7 Å². The number of nitrogens with zero attached hydrogens (tertiary/aromatic N) is 1. The number of amidine groups is 1. The molecule has 0 fully saturated rings. The van der Waals surface area contributed by atoms with Gasteiger partial charge in [0.15, 0.2) is 5.84 Å². The van der Waals surface area contributed by atoms with Crippen molar-refractivity contribution in [1.82, 2.24) is 0 Å². The van der Waals surface area contributed by atoms with Gasteiger partial charge >= 0.3 is 6.18 Å². The standard InChI is InChI=1S/C12H15F3N2O2/c1-8-6-9(11(16)17-18)2-3-10(8)7-19-5-4-12(13,14)15/h2-3,6,18H,4-5,7H2,1H3,(H2,16,17). The van der Waals surface area contributed by atoms with Gasteiger partial charge in [-0.25, -0.2) is 0 Å². The fourth-order valence-corrected chi connectivity index (χ4v) is 1.44. The van der Waals surface area contributed by atoms with Gasteiger partial charge in [0.25, 0.3) is 0 Å². The van der Waals surface area contributed by atoms with Crippen molar-refractivity contribution in [3.63, 3.8) is 0 Å². The Morgan fingerprint density at radius 2 is 2.11 bits per heavy atom. The number of hydrogen-bond donors (Lipinski definition) is 2. The van der Waals surface area contributed by atoms with E-state index in [0.717, 1.165) is 11.1 Å². The van der Waals surface area contributed by atoms with E-state index in [-0.39, 0.29) is 19.0 Å². The summed E-state index contributed by atoms with van der Waals surface area (Å²) in [5.41, 5.74) is 7.53. The van der Waals surface area contributed by atoms with E-state index in [9.17, 15) is 13.2 Å². The predicted octanol–water partition coefficient (Wildman–Crippen LogP) is 2.56. The van der Waals surface area contributed by atoms with Gasteiger partial charge in [-0.2, -0.15) is 13.2 Å². The lowest BCUT2D eigenvalue weighted by Gasteiger charge is -2.10. The van der Waals surface area contributed by atoms with Gasteiger partial charge in [-0.15, -0.1) is 0 Å². The normalized spacial score (nSPS) is 12.7. The molecule has 7 heteroatoms. The number of hydrogen-bond acceptors (Lipinski definition) is 3. The first-order valence-corrected chi connectivity index (χ1v) is 5.55. The van der Waals surface area contributed by atoms with E-state index >= 15 is 0 Å². The largest absolute Gasteiger partial charge is 0.409 e. The van der Waals surface area contributed by atoms with Gasteiger partial charge in [0, 0.05) is 5.56 Å². The Kier molecular flexibility index (Phi) is 5.17. The maximum absolute atomic E-state index is 11.9. The zero-order chi connectivity index (χ0) is 14.5. The molecule has 1 aromatic rings. The lowest BCUT2D eigenvalue weighted by Crippen LogP contribution is -2.14. The molecule has 0 heterocycles. The van der Waals surface area contributed by atoms with Gasteiger partial charge in [0.1, 0.15) is 0 Å². The Labute approximate surface area is 108 Å². The van der Waals surface area contributed by atoms with Crippen LogP contribution in [0.25, 0.3) is 0 Å². The lowest BCUT2D eigenvalue weighted by atomic mass is 10.1. The molecular formula is C12H15F3N2O2. The van der Waals surface area contributed by atoms with E-state index in [1.165, 1.54) is 0 Å². The predicted molar refractivity (Wildman–Crippen MR) is 64.0 cm³/mol. The number of alkyl halides is 3.